The van der Waals surface area contributed by atoms with E-state index in [4.69, 9.17) is 5.73 Å². The number of fused-ring (bicyclic) bond motifs is 1. The number of anilines is 1. The first-order valence-electron chi connectivity index (χ1n) is 7.81. The number of rotatable bonds is 7. The summed E-state index contributed by atoms with van der Waals surface area (Å²) in [6, 6.07) is 2.04. The van der Waals surface area contributed by atoms with Gasteiger partial charge in [-0.15, -0.1) is 36.2 Å². The van der Waals surface area contributed by atoms with Crippen molar-refractivity contribution >= 4 is 68.1 Å². The van der Waals surface area contributed by atoms with Gasteiger partial charge in [-0.1, -0.05) is 11.3 Å². The second kappa shape index (κ2) is 9.20. The molecule has 1 fully saturated rings. The number of nitrogens with zero attached hydrogens (tertiary/aromatic N) is 2. The van der Waals surface area contributed by atoms with Crippen molar-refractivity contribution in [3.63, 3.8) is 0 Å². The Bertz CT molecular complexity index is 636. The zero-order chi connectivity index (χ0) is 15.7. The summed E-state index contributed by atoms with van der Waals surface area (Å²) in [7, 11) is 0. The highest BCUT2D eigenvalue weighted by Crippen LogP contribution is 2.34. The quantitative estimate of drug-likeness (QED) is 0.732. The molecule has 0 radical (unpaired) electrons. The fourth-order valence-corrected chi connectivity index (χ4v) is 4.71. The molecule has 2 aromatic rings. The lowest BCUT2D eigenvalue weighted by atomic mass is 10.2. The average Bonchev–Trinajstić information content (AvgIpc) is 3.18. The number of nitrogens with two attached hydrogens (primary N) is 1. The average molecular weight is 411 g/mol. The maximum absolute atomic E-state index is 12.2. The number of carbonyl (C=O) groups excluding carboxylic acids is 1. The molecule has 3 N–H and O–H groups in total. The summed E-state index contributed by atoms with van der Waals surface area (Å²) in [6.07, 6.45) is 2.40. The zero-order valence-corrected chi connectivity index (χ0v) is 17.0. The van der Waals surface area contributed by atoms with Gasteiger partial charge >= 0.3 is 0 Å². The van der Waals surface area contributed by atoms with Crippen LogP contribution in [0.2, 0.25) is 0 Å². The van der Waals surface area contributed by atoms with Crippen molar-refractivity contribution in [2.45, 2.75) is 32.7 Å². The van der Waals surface area contributed by atoms with Crippen molar-refractivity contribution < 1.29 is 4.79 Å². The second-order valence-corrected chi connectivity index (χ2v) is 7.70. The molecule has 0 spiro atoms. The molecule has 3 rings (SSSR count). The third-order valence-electron chi connectivity index (χ3n) is 4.06. The van der Waals surface area contributed by atoms with Gasteiger partial charge in [-0.2, -0.15) is 0 Å². The summed E-state index contributed by atoms with van der Waals surface area (Å²) >= 11 is 3.11. The molecule has 9 heteroatoms. The van der Waals surface area contributed by atoms with Crippen LogP contribution in [-0.4, -0.2) is 36.6 Å². The largest absolute Gasteiger partial charge is 0.350 e. The number of thiazole rings is 1. The van der Waals surface area contributed by atoms with E-state index in [0.717, 1.165) is 32.6 Å². The highest BCUT2D eigenvalue weighted by atomic mass is 35.5. The Balaban J connectivity index is 0.00000144. The van der Waals surface area contributed by atoms with Gasteiger partial charge in [0.1, 0.15) is 4.83 Å². The molecule has 136 valence electrons. The third kappa shape index (κ3) is 4.73. The summed E-state index contributed by atoms with van der Waals surface area (Å²) in [5.41, 5.74) is 6.02. The van der Waals surface area contributed by atoms with Crippen LogP contribution >= 0.6 is 47.5 Å². The van der Waals surface area contributed by atoms with Crippen LogP contribution in [0.4, 0.5) is 5.13 Å². The van der Waals surface area contributed by atoms with Crippen LogP contribution in [0.15, 0.2) is 6.07 Å². The van der Waals surface area contributed by atoms with E-state index in [1.54, 1.807) is 11.3 Å². The molecule has 0 aromatic carbocycles. The summed E-state index contributed by atoms with van der Waals surface area (Å²) in [5.74, 6) is 0.570. The molecule has 1 unspecified atom stereocenters. The maximum Gasteiger partial charge on any atom is 0.261 e. The minimum Gasteiger partial charge on any atom is -0.350 e. The van der Waals surface area contributed by atoms with Gasteiger partial charge in [0.2, 0.25) is 0 Å². The van der Waals surface area contributed by atoms with Gasteiger partial charge in [0.25, 0.3) is 5.91 Å². The summed E-state index contributed by atoms with van der Waals surface area (Å²) in [4.78, 5) is 20.8. The fourth-order valence-electron chi connectivity index (χ4n) is 2.45. The molecule has 1 atom stereocenters. The number of carbonyl (C=O) groups is 1. The molecule has 5 nitrogen and oxygen atoms in total. The first kappa shape index (κ1) is 21.4. The lowest BCUT2D eigenvalue weighted by Gasteiger charge is -2.16. The monoisotopic (exact) mass is 410 g/mol. The van der Waals surface area contributed by atoms with Gasteiger partial charge < -0.3 is 16.0 Å². The van der Waals surface area contributed by atoms with Crippen LogP contribution in [0.1, 0.15) is 36.4 Å². The van der Waals surface area contributed by atoms with E-state index in [1.165, 1.54) is 24.2 Å². The Morgan fingerprint density at radius 1 is 1.38 bits per heavy atom. The van der Waals surface area contributed by atoms with Crippen LogP contribution in [0, 0.1) is 5.92 Å². The number of amides is 1. The van der Waals surface area contributed by atoms with E-state index in [2.05, 4.69) is 29.0 Å². The van der Waals surface area contributed by atoms with Gasteiger partial charge in [-0.05, 0) is 38.7 Å². The molecular formula is C15H24Cl2N4OS2. The Kier molecular flexibility index (Phi) is 8.22. The van der Waals surface area contributed by atoms with Crippen molar-refractivity contribution in [1.82, 2.24) is 10.3 Å². The van der Waals surface area contributed by atoms with Gasteiger partial charge in [0.15, 0.2) is 5.13 Å². The van der Waals surface area contributed by atoms with Crippen molar-refractivity contribution in [2.24, 2.45) is 11.7 Å². The van der Waals surface area contributed by atoms with Gasteiger partial charge in [-0.3, -0.25) is 4.79 Å². The highest BCUT2D eigenvalue weighted by molar-refractivity contribution is 7.29. The third-order valence-corrected chi connectivity index (χ3v) is 6.28. The van der Waals surface area contributed by atoms with Gasteiger partial charge in [-0.25, -0.2) is 4.98 Å². The minimum atomic E-state index is -0.0318. The molecule has 1 saturated carbocycles. The number of hydrogen-bond donors (Lipinski definition) is 2. The standard InChI is InChI=1S/C15H22N4OS2.2ClH/c1-3-19(4-2)15-18-14-12(22-15)7-11(21-14)13(20)17-8-10(16)9-5-6-9;;/h7,9-10H,3-6,8,16H2,1-2H3,(H,17,20);2*1H. The van der Waals surface area contributed by atoms with E-state index in [0.29, 0.717) is 12.5 Å². The first-order chi connectivity index (χ1) is 10.6. The van der Waals surface area contributed by atoms with Gasteiger partial charge in [0, 0.05) is 25.7 Å². The summed E-state index contributed by atoms with van der Waals surface area (Å²) in [6.45, 7) is 6.71. The number of aromatic nitrogens is 1. The molecule has 0 aliphatic heterocycles. The molecule has 1 amide bonds. The van der Waals surface area contributed by atoms with E-state index in [-0.39, 0.29) is 36.8 Å². The van der Waals surface area contributed by atoms with Crippen LogP contribution in [0.25, 0.3) is 9.53 Å². The molecule has 1 aliphatic rings. The number of nitrogens with one attached hydrogen (secondary N) is 1. The fraction of sp³-hybridized carbons (Fsp3) is 0.600. The van der Waals surface area contributed by atoms with Crippen LogP contribution < -0.4 is 16.0 Å². The topological polar surface area (TPSA) is 71.2 Å². The van der Waals surface area contributed by atoms with Crippen molar-refractivity contribution in [3.05, 3.63) is 10.9 Å². The summed E-state index contributed by atoms with van der Waals surface area (Å²) in [5, 5.41) is 3.98. The van der Waals surface area contributed by atoms with Crippen LogP contribution in [-0.2, 0) is 0 Å². The van der Waals surface area contributed by atoms with Crippen molar-refractivity contribution in [2.75, 3.05) is 24.5 Å². The Morgan fingerprint density at radius 3 is 2.58 bits per heavy atom. The minimum absolute atomic E-state index is 0. The predicted molar refractivity (Wildman–Crippen MR) is 109 cm³/mol. The highest BCUT2D eigenvalue weighted by Gasteiger charge is 2.28. The SMILES string of the molecule is CCN(CC)c1nc2sc(C(=O)NCC(N)C3CC3)cc2s1.Cl.Cl. The zero-order valence-electron chi connectivity index (χ0n) is 13.8. The molecule has 2 heterocycles. The molecule has 24 heavy (non-hydrogen) atoms. The van der Waals surface area contributed by atoms with Crippen molar-refractivity contribution in [3.8, 4) is 0 Å². The van der Waals surface area contributed by atoms with Crippen LogP contribution in [0.3, 0.4) is 0 Å². The Labute approximate surface area is 162 Å². The lowest BCUT2D eigenvalue weighted by molar-refractivity contribution is 0.0954. The maximum atomic E-state index is 12.2. The molecular weight excluding hydrogens is 387 g/mol. The normalized spacial score (nSPS) is 14.6. The smallest absolute Gasteiger partial charge is 0.261 e. The van der Waals surface area contributed by atoms with Gasteiger partial charge in [0.05, 0.1) is 9.58 Å². The van der Waals surface area contributed by atoms with E-state index >= 15 is 0 Å². The molecule has 1 aliphatic carbocycles. The van der Waals surface area contributed by atoms with E-state index in [1.807, 2.05) is 6.07 Å². The lowest BCUT2D eigenvalue weighted by Crippen LogP contribution is -2.38. The van der Waals surface area contributed by atoms with Crippen LogP contribution in [0.5, 0.6) is 0 Å². The molecule has 0 saturated heterocycles. The van der Waals surface area contributed by atoms with E-state index < -0.39 is 0 Å². The summed E-state index contributed by atoms with van der Waals surface area (Å²) < 4.78 is 1.09. The second-order valence-electron chi connectivity index (χ2n) is 5.66. The number of hydrogen-bond acceptors (Lipinski definition) is 6. The van der Waals surface area contributed by atoms with E-state index in [9.17, 15) is 4.79 Å². The molecule has 0 bridgehead atoms. The Hall–Kier alpha value is -0.600. The number of thiophene rings is 1. The molecule has 2 aromatic heterocycles. The predicted octanol–water partition coefficient (Wildman–Crippen LogP) is 3.51. The Morgan fingerprint density at radius 2 is 2.04 bits per heavy atom. The number of halogens is 2. The van der Waals surface area contributed by atoms with Crippen molar-refractivity contribution in [1.29, 1.82) is 0 Å². The first-order valence-corrected chi connectivity index (χ1v) is 9.44.